The molecule has 0 aromatic carbocycles. The van der Waals surface area contributed by atoms with Crippen molar-refractivity contribution in [2.75, 3.05) is 46.8 Å². The molecule has 1 aromatic rings. The second-order valence-electron chi connectivity index (χ2n) is 5.88. The number of nitrogens with zero attached hydrogens (tertiary/aromatic N) is 2. The van der Waals surface area contributed by atoms with Gasteiger partial charge in [-0.3, -0.25) is 4.79 Å². The summed E-state index contributed by atoms with van der Waals surface area (Å²) in [7, 11) is -0.494. The van der Waals surface area contributed by atoms with E-state index in [1.807, 2.05) is 0 Å². The largest absolute Gasteiger partial charge is 0.481 e. The molecule has 2 rings (SSSR count). The van der Waals surface area contributed by atoms with E-state index in [1.165, 1.54) is 24.8 Å². The average Bonchev–Trinajstić information content (AvgIpc) is 2.64. The zero-order valence-corrected chi connectivity index (χ0v) is 16.0. The van der Waals surface area contributed by atoms with Crippen molar-refractivity contribution in [1.82, 2.24) is 14.6 Å². The molecule has 1 aliphatic heterocycles. The summed E-state index contributed by atoms with van der Waals surface area (Å²) in [5.74, 6) is 0.0878. The van der Waals surface area contributed by atoms with Crippen molar-refractivity contribution in [3.8, 4) is 11.8 Å². The summed E-state index contributed by atoms with van der Waals surface area (Å²) in [5, 5.41) is 2.72. The van der Waals surface area contributed by atoms with Crippen LogP contribution >= 0.6 is 0 Å². The quantitative estimate of drug-likeness (QED) is 0.682. The Balaban J connectivity index is 1.99. The monoisotopic (exact) mass is 387 g/mol. The Morgan fingerprint density at radius 2 is 2.00 bits per heavy atom. The van der Waals surface area contributed by atoms with Gasteiger partial charge in [0.2, 0.25) is 21.8 Å². The summed E-state index contributed by atoms with van der Waals surface area (Å²) in [6.45, 7) is 1.45. The summed E-state index contributed by atoms with van der Waals surface area (Å²) in [6.07, 6.45) is 2.48. The summed E-state index contributed by atoms with van der Waals surface area (Å²) in [5.41, 5.74) is 0.255. The van der Waals surface area contributed by atoms with E-state index in [0.717, 1.165) is 0 Å². The molecule has 9 nitrogen and oxygen atoms in total. The summed E-state index contributed by atoms with van der Waals surface area (Å²) in [6, 6.07) is 3.00. The number of rotatable bonds is 8. The van der Waals surface area contributed by atoms with Crippen LogP contribution in [0.5, 0.6) is 11.8 Å². The fraction of sp³-hybridized carbons (Fsp3) is 0.625. The summed E-state index contributed by atoms with van der Waals surface area (Å²) >= 11 is 0. The maximum absolute atomic E-state index is 12.4. The molecule has 2 heterocycles. The highest BCUT2D eigenvalue weighted by Crippen LogP contribution is 2.20. The van der Waals surface area contributed by atoms with Crippen molar-refractivity contribution >= 4 is 15.9 Å². The van der Waals surface area contributed by atoms with Crippen LogP contribution in [-0.2, 0) is 14.8 Å². The van der Waals surface area contributed by atoms with Crippen molar-refractivity contribution < 1.29 is 27.4 Å². The highest BCUT2D eigenvalue weighted by atomic mass is 32.2. The van der Waals surface area contributed by atoms with Gasteiger partial charge in [0, 0.05) is 38.4 Å². The number of carbonyl (C=O) groups excluding carboxylic acids is 1. The Bertz CT molecular complexity index is 719. The van der Waals surface area contributed by atoms with Gasteiger partial charge in [-0.15, -0.1) is 0 Å². The third-order valence-electron chi connectivity index (χ3n) is 4.12. The van der Waals surface area contributed by atoms with Gasteiger partial charge in [-0.1, -0.05) is 0 Å². The van der Waals surface area contributed by atoms with Crippen LogP contribution in [0.2, 0.25) is 0 Å². The lowest BCUT2D eigenvalue weighted by atomic mass is 10.1. The minimum absolute atomic E-state index is 0.104. The second kappa shape index (κ2) is 9.15. The zero-order chi connectivity index (χ0) is 19.2. The molecule has 0 radical (unpaired) electrons. The zero-order valence-electron chi connectivity index (χ0n) is 15.2. The first-order valence-corrected chi connectivity index (χ1v) is 10.1. The first-order chi connectivity index (χ1) is 12.4. The topological polar surface area (TPSA) is 107 Å². The van der Waals surface area contributed by atoms with Crippen LogP contribution in [0.25, 0.3) is 0 Å². The van der Waals surface area contributed by atoms with Crippen LogP contribution in [0.4, 0.5) is 0 Å². The normalized spacial score (nSPS) is 15.7. The fourth-order valence-corrected chi connectivity index (χ4v) is 4.01. The van der Waals surface area contributed by atoms with Crippen LogP contribution in [-0.4, -0.2) is 76.4 Å². The Morgan fingerprint density at radius 3 is 2.58 bits per heavy atom. The van der Waals surface area contributed by atoms with E-state index < -0.39 is 15.9 Å². The number of sulfonamides is 1. The lowest BCUT2D eigenvalue weighted by Crippen LogP contribution is -2.46. The number of carbonyl (C=O) groups is 1. The molecule has 1 saturated heterocycles. The number of ether oxygens (including phenoxy) is 3. The Kier molecular flexibility index (Phi) is 7.18. The second-order valence-corrected chi connectivity index (χ2v) is 7.82. The van der Waals surface area contributed by atoms with E-state index in [-0.39, 0.29) is 30.6 Å². The molecule has 0 aliphatic carbocycles. The molecule has 0 atom stereocenters. The standard InChI is InChI=1S/C16H25N3O6S/c1-23-14-5-4-13(16(18-14)24-2)15(20)17-8-9-19(26(3,21)22)12-6-10-25-11-7-12/h4-5,12H,6-11H2,1-3H3,(H,17,20). The average molecular weight is 387 g/mol. The summed E-state index contributed by atoms with van der Waals surface area (Å²) in [4.78, 5) is 16.4. The van der Waals surface area contributed by atoms with Gasteiger partial charge in [0.1, 0.15) is 5.56 Å². The molecule has 10 heteroatoms. The van der Waals surface area contributed by atoms with Crippen molar-refractivity contribution in [2.45, 2.75) is 18.9 Å². The minimum atomic E-state index is -3.38. The van der Waals surface area contributed by atoms with Gasteiger partial charge in [-0.25, -0.2) is 8.42 Å². The molecule has 1 amide bonds. The van der Waals surface area contributed by atoms with Gasteiger partial charge < -0.3 is 19.5 Å². The highest BCUT2D eigenvalue weighted by molar-refractivity contribution is 7.88. The molecular formula is C16H25N3O6S. The molecule has 0 unspecified atom stereocenters. The molecule has 1 N–H and O–H groups in total. The molecule has 26 heavy (non-hydrogen) atoms. The van der Waals surface area contributed by atoms with Gasteiger partial charge in [0.15, 0.2) is 0 Å². The number of hydrogen-bond donors (Lipinski definition) is 1. The maximum Gasteiger partial charge on any atom is 0.256 e. The molecule has 1 fully saturated rings. The van der Waals surface area contributed by atoms with Crippen LogP contribution < -0.4 is 14.8 Å². The van der Waals surface area contributed by atoms with Gasteiger partial charge in [0.25, 0.3) is 5.91 Å². The predicted octanol–water partition coefficient (Wildman–Crippen LogP) is 0.269. The van der Waals surface area contributed by atoms with Crippen LogP contribution in [0, 0.1) is 0 Å². The van der Waals surface area contributed by atoms with Gasteiger partial charge in [-0.05, 0) is 18.9 Å². The van der Waals surface area contributed by atoms with Crippen LogP contribution in [0.1, 0.15) is 23.2 Å². The number of nitrogens with one attached hydrogen (secondary N) is 1. The van der Waals surface area contributed by atoms with Gasteiger partial charge in [0.05, 0.1) is 20.5 Å². The number of hydrogen-bond acceptors (Lipinski definition) is 7. The van der Waals surface area contributed by atoms with Crippen molar-refractivity contribution in [3.05, 3.63) is 17.7 Å². The number of methoxy groups -OCH3 is 2. The van der Waals surface area contributed by atoms with E-state index in [9.17, 15) is 13.2 Å². The molecule has 0 bridgehead atoms. The van der Waals surface area contributed by atoms with Crippen molar-refractivity contribution in [3.63, 3.8) is 0 Å². The lowest BCUT2D eigenvalue weighted by Gasteiger charge is -2.32. The highest BCUT2D eigenvalue weighted by Gasteiger charge is 2.28. The first-order valence-electron chi connectivity index (χ1n) is 8.28. The van der Waals surface area contributed by atoms with Crippen LogP contribution in [0.15, 0.2) is 12.1 Å². The van der Waals surface area contributed by atoms with E-state index in [4.69, 9.17) is 14.2 Å². The fourth-order valence-electron chi connectivity index (χ4n) is 2.83. The van der Waals surface area contributed by atoms with Crippen molar-refractivity contribution in [2.24, 2.45) is 0 Å². The molecular weight excluding hydrogens is 362 g/mol. The van der Waals surface area contributed by atoms with Crippen molar-refractivity contribution in [1.29, 1.82) is 0 Å². The molecule has 0 saturated carbocycles. The van der Waals surface area contributed by atoms with Gasteiger partial charge >= 0.3 is 0 Å². The first kappa shape index (κ1) is 20.4. The number of pyridine rings is 1. The predicted molar refractivity (Wildman–Crippen MR) is 95.1 cm³/mol. The third kappa shape index (κ3) is 5.29. The minimum Gasteiger partial charge on any atom is -0.481 e. The Morgan fingerprint density at radius 1 is 1.31 bits per heavy atom. The number of aromatic nitrogens is 1. The van der Waals surface area contributed by atoms with E-state index in [2.05, 4.69) is 10.3 Å². The lowest BCUT2D eigenvalue weighted by molar-refractivity contribution is 0.0585. The Hall–Kier alpha value is -1.91. The molecule has 1 aromatic heterocycles. The SMILES string of the molecule is COc1ccc(C(=O)NCCN(C2CCOCC2)S(C)(=O)=O)c(OC)n1. The maximum atomic E-state index is 12.4. The number of amides is 1. The van der Waals surface area contributed by atoms with E-state index in [0.29, 0.717) is 31.9 Å². The van der Waals surface area contributed by atoms with Gasteiger partial charge in [-0.2, -0.15) is 9.29 Å². The van der Waals surface area contributed by atoms with E-state index in [1.54, 1.807) is 12.1 Å². The molecule has 146 valence electrons. The third-order valence-corrected chi connectivity index (χ3v) is 5.46. The van der Waals surface area contributed by atoms with E-state index >= 15 is 0 Å². The Labute approximate surface area is 153 Å². The molecule has 0 spiro atoms. The summed E-state index contributed by atoms with van der Waals surface area (Å²) < 4.78 is 41.0. The smallest absolute Gasteiger partial charge is 0.256 e. The van der Waals surface area contributed by atoms with Crippen LogP contribution in [0.3, 0.4) is 0 Å². The molecule has 1 aliphatic rings.